The molecule has 0 radical (unpaired) electrons. The molecule has 7 nitrogen and oxygen atoms in total. The molecule has 0 saturated heterocycles. The topological polar surface area (TPSA) is 93.9 Å². The van der Waals surface area contributed by atoms with Crippen molar-refractivity contribution in [1.29, 1.82) is 0 Å². The number of pyridine rings is 1. The number of aromatic nitrogens is 4. The number of rotatable bonds is 3. The number of aromatic amines is 1. The van der Waals surface area contributed by atoms with Crippen LogP contribution in [0.5, 0.6) is 5.88 Å². The number of halogens is 1. The summed E-state index contributed by atoms with van der Waals surface area (Å²) in [5.74, 6) is -1.24. The molecule has 0 fully saturated rings. The van der Waals surface area contributed by atoms with Gasteiger partial charge in [0.1, 0.15) is 0 Å². The van der Waals surface area contributed by atoms with Gasteiger partial charge >= 0.3 is 5.97 Å². The summed E-state index contributed by atoms with van der Waals surface area (Å²) in [7, 11) is 0. The Morgan fingerprint density at radius 1 is 1.35 bits per heavy atom. The highest BCUT2D eigenvalue weighted by Crippen LogP contribution is 2.24. The molecule has 8 heteroatoms. The maximum absolute atomic E-state index is 13.1. The fraction of sp³-hybridized carbons (Fsp3) is 0. The van der Waals surface area contributed by atoms with Crippen molar-refractivity contribution in [2.45, 2.75) is 0 Å². The summed E-state index contributed by atoms with van der Waals surface area (Å²) in [5.41, 5.74) is 0.266. The average molecular weight is 274 g/mol. The van der Waals surface area contributed by atoms with Crippen LogP contribution in [-0.2, 0) is 0 Å². The predicted molar refractivity (Wildman–Crippen MR) is 63.2 cm³/mol. The summed E-state index contributed by atoms with van der Waals surface area (Å²) < 4.78 is 23.2. The molecule has 0 aliphatic rings. The van der Waals surface area contributed by atoms with E-state index in [1.807, 2.05) is 0 Å². The van der Waals surface area contributed by atoms with Crippen molar-refractivity contribution in [2.24, 2.45) is 0 Å². The van der Waals surface area contributed by atoms with E-state index in [1.54, 1.807) is 0 Å². The van der Waals surface area contributed by atoms with E-state index in [4.69, 9.17) is 9.15 Å². The number of carbonyl (C=O) groups is 1. The van der Waals surface area contributed by atoms with Gasteiger partial charge in [0.15, 0.2) is 17.8 Å². The summed E-state index contributed by atoms with van der Waals surface area (Å²) in [6.45, 7) is 0. The lowest BCUT2D eigenvalue weighted by Crippen LogP contribution is -2.10. The van der Waals surface area contributed by atoms with E-state index in [2.05, 4.69) is 20.2 Å². The van der Waals surface area contributed by atoms with Gasteiger partial charge in [0.05, 0.1) is 0 Å². The van der Waals surface area contributed by atoms with Crippen molar-refractivity contribution >= 4 is 5.97 Å². The number of hydrogen-bond acceptors (Lipinski definition) is 6. The second-order valence-corrected chi connectivity index (χ2v) is 3.70. The first kappa shape index (κ1) is 12.0. The van der Waals surface area contributed by atoms with Gasteiger partial charge in [-0.3, -0.25) is 5.10 Å². The van der Waals surface area contributed by atoms with Crippen molar-refractivity contribution in [1.82, 2.24) is 20.2 Å². The molecule has 0 bridgehead atoms. The Balaban J connectivity index is 1.92. The highest BCUT2D eigenvalue weighted by Gasteiger charge is 2.21. The van der Waals surface area contributed by atoms with Crippen LogP contribution in [-0.4, -0.2) is 26.1 Å². The Kier molecular flexibility index (Phi) is 2.96. The van der Waals surface area contributed by atoms with E-state index in [9.17, 15) is 9.18 Å². The second kappa shape index (κ2) is 4.92. The van der Waals surface area contributed by atoms with Gasteiger partial charge in [-0.1, -0.05) is 0 Å². The molecule has 0 atom stereocenters. The first-order valence-corrected chi connectivity index (χ1v) is 5.51. The smallest absolute Gasteiger partial charge is 0.367 e. The van der Waals surface area contributed by atoms with Crippen LogP contribution in [0.15, 0.2) is 41.4 Å². The van der Waals surface area contributed by atoms with E-state index >= 15 is 0 Å². The van der Waals surface area contributed by atoms with E-state index in [0.29, 0.717) is 5.56 Å². The van der Waals surface area contributed by atoms with Gasteiger partial charge in [-0.25, -0.2) is 14.8 Å². The zero-order valence-corrected chi connectivity index (χ0v) is 9.91. The highest BCUT2D eigenvalue weighted by atomic mass is 19.1. The van der Waals surface area contributed by atoms with Gasteiger partial charge in [0.2, 0.25) is 11.8 Å². The number of H-pyrrole nitrogens is 1. The number of nitrogens with zero attached hydrogens (tertiary/aromatic N) is 3. The number of esters is 1. The van der Waals surface area contributed by atoms with Gasteiger partial charge in [0.25, 0.3) is 0 Å². The van der Waals surface area contributed by atoms with Gasteiger partial charge < -0.3 is 9.15 Å². The van der Waals surface area contributed by atoms with Gasteiger partial charge in [-0.2, -0.15) is 4.39 Å². The Bertz CT molecular complexity index is 739. The monoisotopic (exact) mass is 274 g/mol. The predicted octanol–water partition coefficient (Wildman–Crippen LogP) is 1.82. The Labute approximate surface area is 111 Å². The lowest BCUT2D eigenvalue weighted by Gasteiger charge is -2.00. The molecule has 0 spiro atoms. The largest absolute Gasteiger partial charge is 0.443 e. The molecular formula is C12H7FN4O3. The molecule has 3 aromatic rings. The molecule has 3 aromatic heterocycles. The lowest BCUT2D eigenvalue weighted by atomic mass is 10.2. The molecule has 0 aromatic carbocycles. The standard InChI is InChI=1S/C12H7FN4O3/c13-8-5-7(1-3-14-8)11-10(15-6-19-11)12(18)20-9-2-4-16-17-9/h1-6H,(H,16,17). The number of nitrogens with one attached hydrogen (secondary N) is 1. The number of ether oxygens (including phenoxy) is 1. The first-order valence-electron chi connectivity index (χ1n) is 5.51. The Morgan fingerprint density at radius 3 is 3.00 bits per heavy atom. The zero-order chi connectivity index (χ0) is 13.9. The number of hydrogen-bond donors (Lipinski definition) is 1. The molecule has 0 aliphatic heterocycles. The van der Waals surface area contributed by atoms with Crippen LogP contribution in [0, 0.1) is 5.95 Å². The third kappa shape index (κ3) is 2.26. The van der Waals surface area contributed by atoms with Crippen molar-refractivity contribution < 1.29 is 18.3 Å². The molecule has 20 heavy (non-hydrogen) atoms. The van der Waals surface area contributed by atoms with Crippen LogP contribution in [0.2, 0.25) is 0 Å². The molecule has 0 aliphatic carbocycles. The van der Waals surface area contributed by atoms with Crippen molar-refractivity contribution in [3.8, 4) is 17.2 Å². The third-order valence-corrected chi connectivity index (χ3v) is 2.42. The maximum atomic E-state index is 13.1. The minimum absolute atomic E-state index is 0.0707. The molecule has 0 amide bonds. The van der Waals surface area contributed by atoms with E-state index in [1.165, 1.54) is 24.5 Å². The second-order valence-electron chi connectivity index (χ2n) is 3.70. The summed E-state index contributed by atoms with van der Waals surface area (Å²) in [6, 6.07) is 4.10. The molecule has 0 saturated carbocycles. The van der Waals surface area contributed by atoms with Gasteiger partial charge in [0, 0.05) is 30.1 Å². The summed E-state index contributed by atoms with van der Waals surface area (Å²) >= 11 is 0. The molecule has 3 rings (SSSR count). The minimum Gasteiger partial charge on any atom is -0.443 e. The fourth-order valence-electron chi connectivity index (χ4n) is 1.59. The van der Waals surface area contributed by atoms with Gasteiger partial charge in [-0.05, 0) is 6.07 Å². The first-order chi connectivity index (χ1) is 9.74. The van der Waals surface area contributed by atoms with Crippen LogP contribution < -0.4 is 4.74 Å². The van der Waals surface area contributed by atoms with Crippen molar-refractivity contribution in [3.63, 3.8) is 0 Å². The number of oxazole rings is 1. The van der Waals surface area contributed by atoms with E-state index in [0.717, 1.165) is 12.5 Å². The summed E-state index contributed by atoms with van der Waals surface area (Å²) in [4.78, 5) is 19.2. The average Bonchev–Trinajstić information content (AvgIpc) is 3.09. The zero-order valence-electron chi connectivity index (χ0n) is 9.91. The summed E-state index contributed by atoms with van der Waals surface area (Å²) in [6.07, 6.45) is 3.84. The summed E-state index contributed by atoms with van der Waals surface area (Å²) in [5, 5.41) is 6.19. The molecule has 3 heterocycles. The van der Waals surface area contributed by atoms with Crippen LogP contribution >= 0.6 is 0 Å². The normalized spacial score (nSPS) is 10.4. The molecule has 0 unspecified atom stereocenters. The van der Waals surface area contributed by atoms with Crippen LogP contribution in [0.1, 0.15) is 10.5 Å². The van der Waals surface area contributed by atoms with Crippen molar-refractivity contribution in [2.75, 3.05) is 0 Å². The SMILES string of the molecule is O=C(Oc1cc[nH]n1)c1ncoc1-c1ccnc(F)c1. The number of carbonyl (C=O) groups excluding carboxylic acids is 1. The van der Waals surface area contributed by atoms with Crippen molar-refractivity contribution in [3.05, 3.63) is 48.6 Å². The molecule has 100 valence electrons. The third-order valence-electron chi connectivity index (χ3n) is 2.42. The minimum atomic E-state index is -0.752. The van der Waals surface area contributed by atoms with E-state index < -0.39 is 11.9 Å². The van der Waals surface area contributed by atoms with Crippen LogP contribution in [0.4, 0.5) is 4.39 Å². The fourth-order valence-corrected chi connectivity index (χ4v) is 1.59. The molecular weight excluding hydrogens is 267 g/mol. The lowest BCUT2D eigenvalue weighted by molar-refractivity contribution is 0.0722. The quantitative estimate of drug-likeness (QED) is 0.578. The highest BCUT2D eigenvalue weighted by molar-refractivity contribution is 5.94. The Morgan fingerprint density at radius 2 is 2.25 bits per heavy atom. The molecule has 1 N–H and O–H groups in total. The van der Waals surface area contributed by atoms with Crippen LogP contribution in [0.3, 0.4) is 0 Å². The van der Waals surface area contributed by atoms with Crippen LogP contribution in [0.25, 0.3) is 11.3 Å². The Hall–Kier alpha value is -3.03. The van der Waals surface area contributed by atoms with Gasteiger partial charge in [-0.15, -0.1) is 5.10 Å². The maximum Gasteiger partial charge on any atom is 0.367 e. The van der Waals surface area contributed by atoms with E-state index in [-0.39, 0.29) is 17.3 Å².